The standard InChI is InChI=1S/C13H23NO2S/c1-14-13(11-4-5-17(15,16)8-11)12-7-9-2-3-10(12)6-9/h9-14H,2-8H2,1H3. The smallest absolute Gasteiger partial charge is 0.150 e. The molecule has 0 amide bonds. The van der Waals surface area contributed by atoms with Gasteiger partial charge in [-0.05, 0) is 56.4 Å². The summed E-state index contributed by atoms with van der Waals surface area (Å²) in [7, 11) is -0.718. The van der Waals surface area contributed by atoms with Gasteiger partial charge in [-0.2, -0.15) is 0 Å². The maximum atomic E-state index is 11.6. The summed E-state index contributed by atoms with van der Waals surface area (Å²) in [6.07, 6.45) is 6.42. The summed E-state index contributed by atoms with van der Waals surface area (Å²) in [6, 6.07) is 0.447. The van der Waals surface area contributed by atoms with Gasteiger partial charge < -0.3 is 5.32 Å². The molecule has 2 bridgehead atoms. The van der Waals surface area contributed by atoms with Gasteiger partial charge in [0.15, 0.2) is 9.84 Å². The van der Waals surface area contributed by atoms with Crippen LogP contribution in [0.4, 0.5) is 0 Å². The van der Waals surface area contributed by atoms with Crippen molar-refractivity contribution in [3.8, 4) is 0 Å². The van der Waals surface area contributed by atoms with Gasteiger partial charge in [0.2, 0.25) is 0 Å². The lowest BCUT2D eigenvalue weighted by molar-refractivity contribution is 0.209. The lowest BCUT2D eigenvalue weighted by Gasteiger charge is -2.34. The quantitative estimate of drug-likeness (QED) is 0.832. The van der Waals surface area contributed by atoms with E-state index in [2.05, 4.69) is 5.32 Å². The first-order valence-corrected chi connectivity index (χ1v) is 8.79. The van der Waals surface area contributed by atoms with E-state index in [4.69, 9.17) is 0 Å². The molecule has 3 aliphatic rings. The summed E-state index contributed by atoms with van der Waals surface area (Å²) in [5, 5.41) is 3.44. The normalized spacial score (nSPS) is 45.2. The molecule has 2 saturated carbocycles. The van der Waals surface area contributed by atoms with Crippen LogP contribution in [-0.2, 0) is 9.84 Å². The molecule has 0 aromatic heterocycles. The SMILES string of the molecule is CNC(C1CCS(=O)(=O)C1)C1CC2CCC1C2. The highest BCUT2D eigenvalue weighted by atomic mass is 32.2. The predicted molar refractivity (Wildman–Crippen MR) is 68.5 cm³/mol. The van der Waals surface area contributed by atoms with Crippen LogP contribution in [0.3, 0.4) is 0 Å². The third-order valence-electron chi connectivity index (χ3n) is 5.36. The summed E-state index contributed by atoms with van der Waals surface area (Å²) in [5.41, 5.74) is 0. The first-order valence-electron chi connectivity index (χ1n) is 6.97. The highest BCUT2D eigenvalue weighted by Crippen LogP contribution is 2.51. The minimum atomic E-state index is -2.73. The fourth-order valence-electron chi connectivity index (χ4n) is 4.64. The molecule has 0 aromatic carbocycles. The summed E-state index contributed by atoms with van der Waals surface area (Å²) in [5.74, 6) is 3.77. The van der Waals surface area contributed by atoms with E-state index in [-0.39, 0.29) is 0 Å². The molecule has 3 nitrogen and oxygen atoms in total. The molecule has 2 aliphatic carbocycles. The van der Waals surface area contributed by atoms with E-state index in [0.29, 0.717) is 23.5 Å². The van der Waals surface area contributed by atoms with Crippen LogP contribution >= 0.6 is 0 Å². The van der Waals surface area contributed by atoms with Gasteiger partial charge in [-0.25, -0.2) is 8.42 Å². The fourth-order valence-corrected chi connectivity index (χ4v) is 6.49. The van der Waals surface area contributed by atoms with Crippen LogP contribution < -0.4 is 5.32 Å². The van der Waals surface area contributed by atoms with E-state index >= 15 is 0 Å². The maximum Gasteiger partial charge on any atom is 0.150 e. The molecule has 1 saturated heterocycles. The third kappa shape index (κ3) is 2.14. The van der Waals surface area contributed by atoms with Crippen LogP contribution in [0, 0.1) is 23.7 Å². The lowest BCUT2D eigenvalue weighted by Crippen LogP contribution is -2.43. The molecule has 0 aromatic rings. The van der Waals surface area contributed by atoms with Crippen LogP contribution in [0.15, 0.2) is 0 Å². The van der Waals surface area contributed by atoms with Crippen molar-refractivity contribution in [3.63, 3.8) is 0 Å². The van der Waals surface area contributed by atoms with Crippen molar-refractivity contribution in [3.05, 3.63) is 0 Å². The lowest BCUT2D eigenvalue weighted by atomic mass is 9.78. The Hall–Kier alpha value is -0.0900. The van der Waals surface area contributed by atoms with Crippen molar-refractivity contribution in [2.24, 2.45) is 23.7 Å². The third-order valence-corrected chi connectivity index (χ3v) is 7.16. The summed E-state index contributed by atoms with van der Waals surface area (Å²) in [6.45, 7) is 0. The Bertz CT molecular complexity index is 392. The van der Waals surface area contributed by atoms with Crippen LogP contribution in [0.2, 0.25) is 0 Å². The zero-order valence-corrected chi connectivity index (χ0v) is 11.4. The van der Waals surface area contributed by atoms with Gasteiger partial charge in [0.1, 0.15) is 0 Å². The van der Waals surface area contributed by atoms with Crippen LogP contribution in [-0.4, -0.2) is 33.0 Å². The van der Waals surface area contributed by atoms with E-state index in [9.17, 15) is 8.42 Å². The zero-order chi connectivity index (χ0) is 12.0. The Morgan fingerprint density at radius 3 is 2.47 bits per heavy atom. The topological polar surface area (TPSA) is 46.2 Å². The number of hydrogen-bond acceptors (Lipinski definition) is 3. The summed E-state index contributed by atoms with van der Waals surface area (Å²) in [4.78, 5) is 0. The molecule has 3 rings (SSSR count). The van der Waals surface area contributed by atoms with Crippen LogP contribution in [0.25, 0.3) is 0 Å². The minimum absolute atomic E-state index is 0.370. The Morgan fingerprint density at radius 2 is 2.00 bits per heavy atom. The first-order chi connectivity index (χ1) is 8.09. The Morgan fingerprint density at radius 1 is 1.18 bits per heavy atom. The molecule has 4 heteroatoms. The monoisotopic (exact) mass is 257 g/mol. The minimum Gasteiger partial charge on any atom is -0.316 e. The van der Waals surface area contributed by atoms with E-state index in [1.54, 1.807) is 0 Å². The number of hydrogen-bond donors (Lipinski definition) is 1. The number of nitrogens with one attached hydrogen (secondary N) is 1. The van der Waals surface area contributed by atoms with Crippen LogP contribution in [0.1, 0.15) is 32.1 Å². The second-order valence-electron chi connectivity index (χ2n) is 6.32. The van der Waals surface area contributed by atoms with E-state index in [1.165, 1.54) is 25.7 Å². The van der Waals surface area contributed by atoms with Crippen LogP contribution in [0.5, 0.6) is 0 Å². The molecule has 1 heterocycles. The highest BCUT2D eigenvalue weighted by molar-refractivity contribution is 7.91. The van der Waals surface area contributed by atoms with Crippen molar-refractivity contribution in [2.75, 3.05) is 18.6 Å². The van der Waals surface area contributed by atoms with E-state index < -0.39 is 9.84 Å². The van der Waals surface area contributed by atoms with E-state index in [0.717, 1.165) is 24.2 Å². The second-order valence-corrected chi connectivity index (χ2v) is 8.55. The molecule has 17 heavy (non-hydrogen) atoms. The molecule has 98 valence electrons. The van der Waals surface area contributed by atoms with Crippen molar-refractivity contribution in [1.29, 1.82) is 0 Å². The van der Waals surface area contributed by atoms with Crippen molar-refractivity contribution < 1.29 is 8.42 Å². The van der Waals surface area contributed by atoms with Gasteiger partial charge in [-0.1, -0.05) is 6.42 Å². The van der Waals surface area contributed by atoms with E-state index in [1.807, 2.05) is 7.05 Å². The average molecular weight is 257 g/mol. The molecular formula is C13H23NO2S. The Labute approximate surface area is 104 Å². The summed E-state index contributed by atoms with van der Waals surface area (Å²) >= 11 is 0. The Balaban J connectivity index is 1.72. The second kappa shape index (κ2) is 4.23. The molecule has 5 atom stereocenters. The molecule has 1 aliphatic heterocycles. The number of sulfone groups is 1. The van der Waals surface area contributed by atoms with Gasteiger partial charge in [0, 0.05) is 6.04 Å². The maximum absolute atomic E-state index is 11.6. The molecule has 3 fully saturated rings. The number of fused-ring (bicyclic) bond motifs is 2. The molecular weight excluding hydrogens is 234 g/mol. The van der Waals surface area contributed by atoms with Crippen molar-refractivity contribution in [2.45, 2.75) is 38.1 Å². The summed E-state index contributed by atoms with van der Waals surface area (Å²) < 4.78 is 23.2. The van der Waals surface area contributed by atoms with Gasteiger partial charge in [-0.15, -0.1) is 0 Å². The van der Waals surface area contributed by atoms with Gasteiger partial charge >= 0.3 is 0 Å². The zero-order valence-electron chi connectivity index (χ0n) is 10.6. The van der Waals surface area contributed by atoms with Crippen molar-refractivity contribution >= 4 is 9.84 Å². The van der Waals surface area contributed by atoms with Gasteiger partial charge in [0.25, 0.3) is 0 Å². The number of rotatable bonds is 3. The average Bonchev–Trinajstić information content (AvgIpc) is 2.95. The molecule has 5 unspecified atom stereocenters. The first kappa shape index (κ1) is 12.0. The highest BCUT2D eigenvalue weighted by Gasteiger charge is 2.46. The Kier molecular flexibility index (Phi) is 2.98. The molecule has 1 N–H and O–H groups in total. The molecule has 0 spiro atoms. The molecule has 0 radical (unpaired) electrons. The van der Waals surface area contributed by atoms with Gasteiger partial charge in [-0.3, -0.25) is 0 Å². The largest absolute Gasteiger partial charge is 0.316 e. The van der Waals surface area contributed by atoms with Crippen molar-refractivity contribution in [1.82, 2.24) is 5.32 Å². The fraction of sp³-hybridized carbons (Fsp3) is 1.00. The predicted octanol–water partition coefficient (Wildman–Crippen LogP) is 1.45. The van der Waals surface area contributed by atoms with Gasteiger partial charge in [0.05, 0.1) is 11.5 Å².